The van der Waals surface area contributed by atoms with Crippen molar-refractivity contribution < 1.29 is 14.6 Å². The van der Waals surface area contributed by atoms with E-state index in [0.29, 0.717) is 30.9 Å². The summed E-state index contributed by atoms with van der Waals surface area (Å²) in [6.45, 7) is 4.62. The van der Waals surface area contributed by atoms with Crippen LogP contribution in [0.4, 0.5) is 0 Å². The fourth-order valence-electron chi connectivity index (χ4n) is 2.57. The third-order valence-electron chi connectivity index (χ3n) is 3.76. The number of methoxy groups -OCH3 is 1. The third kappa shape index (κ3) is 3.86. The van der Waals surface area contributed by atoms with Gasteiger partial charge in [0.15, 0.2) is 0 Å². The Morgan fingerprint density at radius 3 is 2.81 bits per heavy atom. The van der Waals surface area contributed by atoms with Gasteiger partial charge in [-0.25, -0.2) is 0 Å². The molecule has 6 nitrogen and oxygen atoms in total. The van der Waals surface area contributed by atoms with E-state index >= 15 is 0 Å². The zero-order valence-corrected chi connectivity index (χ0v) is 12.4. The van der Waals surface area contributed by atoms with E-state index in [9.17, 15) is 9.90 Å². The molecule has 1 aromatic carbocycles. The summed E-state index contributed by atoms with van der Waals surface area (Å²) in [4.78, 5) is 16.6. The minimum absolute atomic E-state index is 0.0394. The van der Waals surface area contributed by atoms with E-state index in [1.807, 2.05) is 0 Å². The van der Waals surface area contributed by atoms with Crippen LogP contribution in [-0.2, 0) is 0 Å². The second-order valence-electron chi connectivity index (χ2n) is 5.16. The molecule has 116 valence electrons. The minimum atomic E-state index is -0.134. The van der Waals surface area contributed by atoms with E-state index in [0.717, 1.165) is 26.1 Å². The van der Waals surface area contributed by atoms with Gasteiger partial charge >= 0.3 is 0 Å². The topological polar surface area (TPSA) is 79.0 Å². The van der Waals surface area contributed by atoms with Crippen LogP contribution in [0.15, 0.2) is 18.2 Å². The summed E-state index contributed by atoms with van der Waals surface area (Å²) in [5, 5.41) is 9.98. The van der Waals surface area contributed by atoms with E-state index in [4.69, 9.17) is 10.5 Å². The molecule has 1 heterocycles. The van der Waals surface area contributed by atoms with Crippen molar-refractivity contribution in [3.05, 3.63) is 23.8 Å². The van der Waals surface area contributed by atoms with Crippen molar-refractivity contribution in [2.75, 3.05) is 46.4 Å². The van der Waals surface area contributed by atoms with Crippen LogP contribution in [0.3, 0.4) is 0 Å². The smallest absolute Gasteiger partial charge is 0.257 e. The first-order valence-corrected chi connectivity index (χ1v) is 7.24. The van der Waals surface area contributed by atoms with Gasteiger partial charge in [0.1, 0.15) is 11.5 Å². The van der Waals surface area contributed by atoms with E-state index in [1.165, 1.54) is 13.2 Å². The number of ether oxygens (including phenoxy) is 1. The number of hydrogen-bond acceptors (Lipinski definition) is 5. The molecule has 6 heteroatoms. The highest BCUT2D eigenvalue weighted by Crippen LogP contribution is 2.25. The first-order chi connectivity index (χ1) is 10.2. The Morgan fingerprint density at radius 1 is 1.33 bits per heavy atom. The van der Waals surface area contributed by atoms with Gasteiger partial charge in [-0.3, -0.25) is 4.79 Å². The van der Waals surface area contributed by atoms with Gasteiger partial charge < -0.3 is 25.4 Å². The van der Waals surface area contributed by atoms with Crippen LogP contribution in [0.1, 0.15) is 16.8 Å². The number of nitrogens with two attached hydrogens (primary N) is 1. The lowest BCUT2D eigenvalue weighted by molar-refractivity contribution is 0.0758. The predicted octanol–water partition coefficient (Wildman–Crippen LogP) is 0.507. The molecular weight excluding hydrogens is 270 g/mol. The molecule has 3 N–H and O–H groups in total. The number of phenolic OH excluding ortho intramolecular Hbond substituents is 1. The Kier molecular flexibility index (Phi) is 5.41. The molecule has 1 fully saturated rings. The van der Waals surface area contributed by atoms with Crippen molar-refractivity contribution >= 4 is 5.91 Å². The lowest BCUT2D eigenvalue weighted by Crippen LogP contribution is -2.36. The van der Waals surface area contributed by atoms with E-state index in [2.05, 4.69) is 4.90 Å². The van der Waals surface area contributed by atoms with Gasteiger partial charge in [-0.05, 0) is 25.1 Å². The Bertz CT molecular complexity index is 493. The maximum absolute atomic E-state index is 12.5. The van der Waals surface area contributed by atoms with Crippen LogP contribution in [-0.4, -0.2) is 67.2 Å². The van der Waals surface area contributed by atoms with Crippen LogP contribution < -0.4 is 10.5 Å². The molecule has 2 rings (SSSR count). The van der Waals surface area contributed by atoms with E-state index < -0.39 is 0 Å². The average Bonchev–Trinajstić information content (AvgIpc) is 2.72. The van der Waals surface area contributed by atoms with Crippen molar-refractivity contribution in [3.8, 4) is 11.5 Å². The molecule has 1 amide bonds. The van der Waals surface area contributed by atoms with Crippen LogP contribution >= 0.6 is 0 Å². The van der Waals surface area contributed by atoms with Crippen molar-refractivity contribution in [1.82, 2.24) is 9.80 Å². The Balaban J connectivity index is 2.06. The summed E-state index contributed by atoms with van der Waals surface area (Å²) in [7, 11) is 1.52. The molecule has 0 aliphatic carbocycles. The highest BCUT2D eigenvalue weighted by Gasteiger charge is 2.22. The number of amides is 1. The largest absolute Gasteiger partial charge is 0.507 e. The molecule has 21 heavy (non-hydrogen) atoms. The third-order valence-corrected chi connectivity index (χ3v) is 3.76. The molecule has 1 aliphatic heterocycles. The van der Waals surface area contributed by atoms with Crippen LogP contribution in [0, 0.1) is 0 Å². The Hall–Kier alpha value is -1.79. The monoisotopic (exact) mass is 293 g/mol. The van der Waals surface area contributed by atoms with Gasteiger partial charge in [0.05, 0.1) is 12.7 Å². The second kappa shape index (κ2) is 7.28. The predicted molar refractivity (Wildman–Crippen MR) is 80.7 cm³/mol. The number of hydrogen-bond donors (Lipinski definition) is 2. The normalized spacial score (nSPS) is 16.6. The fourth-order valence-corrected chi connectivity index (χ4v) is 2.57. The maximum atomic E-state index is 12.5. The van der Waals surface area contributed by atoms with Gasteiger partial charge in [-0.15, -0.1) is 0 Å². The number of carbonyl (C=O) groups excluding carboxylic acids is 1. The highest BCUT2D eigenvalue weighted by atomic mass is 16.5. The average molecular weight is 293 g/mol. The van der Waals surface area contributed by atoms with Gasteiger partial charge in [0.2, 0.25) is 0 Å². The summed E-state index contributed by atoms with van der Waals surface area (Å²) >= 11 is 0. The molecule has 0 aromatic heterocycles. The van der Waals surface area contributed by atoms with Gasteiger partial charge in [0, 0.05) is 38.8 Å². The summed E-state index contributed by atoms with van der Waals surface area (Å²) in [5.41, 5.74) is 5.90. The molecule has 1 saturated heterocycles. The number of nitrogens with zero attached hydrogens (tertiary/aromatic N) is 2. The van der Waals surface area contributed by atoms with E-state index in [1.54, 1.807) is 17.0 Å². The van der Waals surface area contributed by atoms with Gasteiger partial charge in [-0.2, -0.15) is 0 Å². The minimum Gasteiger partial charge on any atom is -0.507 e. The van der Waals surface area contributed by atoms with Crippen LogP contribution in [0.5, 0.6) is 11.5 Å². The molecule has 0 saturated carbocycles. The maximum Gasteiger partial charge on any atom is 0.257 e. The SMILES string of the molecule is COc1ccc(C(=O)N2CCCN(CCN)CC2)c(O)c1. The Morgan fingerprint density at radius 2 is 2.14 bits per heavy atom. The van der Waals surface area contributed by atoms with Gasteiger partial charge in [-0.1, -0.05) is 0 Å². The van der Waals surface area contributed by atoms with Crippen molar-refractivity contribution in [2.24, 2.45) is 5.73 Å². The lowest BCUT2D eigenvalue weighted by Gasteiger charge is -2.22. The van der Waals surface area contributed by atoms with Crippen LogP contribution in [0.25, 0.3) is 0 Å². The molecule has 0 bridgehead atoms. The standard InChI is InChI=1S/C15H23N3O3/c1-21-12-3-4-13(14(19)11-12)15(20)18-7-2-6-17(8-5-16)9-10-18/h3-4,11,19H,2,5-10,16H2,1H3. The van der Waals surface area contributed by atoms with Crippen molar-refractivity contribution in [3.63, 3.8) is 0 Å². The van der Waals surface area contributed by atoms with Crippen LogP contribution in [0.2, 0.25) is 0 Å². The zero-order chi connectivity index (χ0) is 15.2. The molecular formula is C15H23N3O3. The van der Waals surface area contributed by atoms with Crippen molar-refractivity contribution in [2.45, 2.75) is 6.42 Å². The summed E-state index contributed by atoms with van der Waals surface area (Å²) < 4.78 is 5.03. The first-order valence-electron chi connectivity index (χ1n) is 7.24. The number of aromatic hydroxyl groups is 1. The molecule has 1 aliphatic rings. The summed E-state index contributed by atoms with van der Waals surface area (Å²) in [5.74, 6) is 0.362. The quantitative estimate of drug-likeness (QED) is 0.845. The first kappa shape index (κ1) is 15.6. The van der Waals surface area contributed by atoms with E-state index in [-0.39, 0.29) is 11.7 Å². The summed E-state index contributed by atoms with van der Waals surface area (Å²) in [6.07, 6.45) is 0.919. The Labute approximate surface area is 125 Å². The molecule has 0 spiro atoms. The number of phenols is 1. The molecule has 0 atom stereocenters. The molecule has 1 aromatic rings. The van der Waals surface area contributed by atoms with Gasteiger partial charge in [0.25, 0.3) is 5.91 Å². The lowest BCUT2D eigenvalue weighted by atomic mass is 10.1. The molecule has 0 radical (unpaired) electrons. The number of benzene rings is 1. The highest BCUT2D eigenvalue weighted by molar-refractivity contribution is 5.97. The fraction of sp³-hybridized carbons (Fsp3) is 0.533. The zero-order valence-electron chi connectivity index (χ0n) is 12.4. The van der Waals surface area contributed by atoms with Crippen molar-refractivity contribution in [1.29, 1.82) is 0 Å². The second-order valence-corrected chi connectivity index (χ2v) is 5.16. The number of carbonyl (C=O) groups is 1. The molecule has 0 unspecified atom stereocenters. The number of rotatable bonds is 4. The summed E-state index contributed by atoms with van der Waals surface area (Å²) in [6, 6.07) is 4.76.